The lowest BCUT2D eigenvalue weighted by molar-refractivity contribution is 1.17. The zero-order valence-corrected chi connectivity index (χ0v) is 13.6. The minimum atomic E-state index is 0.733. The maximum absolute atomic E-state index is 4.25. The average Bonchev–Trinajstić information content (AvgIpc) is 2.50. The first-order valence-electron chi connectivity index (χ1n) is 6.88. The van der Waals surface area contributed by atoms with Gasteiger partial charge in [-0.05, 0) is 52.7 Å². The van der Waals surface area contributed by atoms with Crippen LogP contribution >= 0.6 is 15.9 Å². The van der Waals surface area contributed by atoms with Crippen molar-refractivity contribution in [2.24, 2.45) is 0 Å². The highest BCUT2D eigenvalue weighted by Gasteiger charge is 2.03. The van der Waals surface area contributed by atoms with Crippen molar-refractivity contribution in [3.8, 4) is 0 Å². The fourth-order valence-electron chi connectivity index (χ4n) is 2.07. The molecule has 0 amide bonds. The van der Waals surface area contributed by atoms with Gasteiger partial charge in [-0.1, -0.05) is 24.3 Å². The second-order valence-corrected chi connectivity index (χ2v) is 5.74. The Balaban J connectivity index is 1.79. The zero-order chi connectivity index (χ0) is 15.4. The zero-order valence-electron chi connectivity index (χ0n) is 12.0. The monoisotopic (exact) mass is 354 g/mol. The molecule has 110 valence electrons. The van der Waals surface area contributed by atoms with Crippen molar-refractivity contribution >= 4 is 38.9 Å². The Kier molecular flexibility index (Phi) is 4.34. The van der Waals surface area contributed by atoms with Gasteiger partial charge in [0.2, 0.25) is 0 Å². The summed E-state index contributed by atoms with van der Waals surface area (Å²) in [4.78, 5) is 8.51. The summed E-state index contributed by atoms with van der Waals surface area (Å²) in [6, 6.07) is 17.9. The SMILES string of the molecule is Cc1cccc(Nc2cc(Nc3ccccc3Br)ncn2)c1. The Labute approximate surface area is 137 Å². The molecular formula is C17H15BrN4. The van der Waals surface area contributed by atoms with E-state index in [1.165, 1.54) is 11.9 Å². The quantitative estimate of drug-likeness (QED) is 0.689. The van der Waals surface area contributed by atoms with E-state index in [1.807, 2.05) is 42.5 Å². The van der Waals surface area contributed by atoms with Crippen molar-refractivity contribution in [2.45, 2.75) is 6.92 Å². The summed E-state index contributed by atoms with van der Waals surface area (Å²) in [6.45, 7) is 2.06. The molecule has 0 unspecified atom stereocenters. The third kappa shape index (κ3) is 3.62. The Bertz CT molecular complexity index is 789. The molecule has 0 aliphatic carbocycles. The second-order valence-electron chi connectivity index (χ2n) is 4.89. The lowest BCUT2D eigenvalue weighted by Gasteiger charge is -2.10. The van der Waals surface area contributed by atoms with Crippen LogP contribution in [0.3, 0.4) is 0 Å². The lowest BCUT2D eigenvalue weighted by atomic mass is 10.2. The van der Waals surface area contributed by atoms with E-state index in [0.29, 0.717) is 0 Å². The summed E-state index contributed by atoms with van der Waals surface area (Å²) in [5.74, 6) is 1.48. The third-order valence-corrected chi connectivity index (χ3v) is 3.79. The number of rotatable bonds is 4. The molecule has 0 aliphatic heterocycles. The van der Waals surface area contributed by atoms with Crippen LogP contribution in [0.2, 0.25) is 0 Å². The van der Waals surface area contributed by atoms with E-state index >= 15 is 0 Å². The van der Waals surface area contributed by atoms with Crippen LogP contribution in [-0.4, -0.2) is 9.97 Å². The van der Waals surface area contributed by atoms with Gasteiger partial charge in [0, 0.05) is 16.2 Å². The molecule has 5 heteroatoms. The number of benzene rings is 2. The third-order valence-electron chi connectivity index (χ3n) is 3.09. The van der Waals surface area contributed by atoms with Crippen molar-refractivity contribution in [3.63, 3.8) is 0 Å². The average molecular weight is 355 g/mol. The van der Waals surface area contributed by atoms with Crippen molar-refractivity contribution in [1.82, 2.24) is 9.97 Å². The molecule has 3 rings (SSSR count). The highest BCUT2D eigenvalue weighted by Crippen LogP contribution is 2.25. The van der Waals surface area contributed by atoms with E-state index in [-0.39, 0.29) is 0 Å². The van der Waals surface area contributed by atoms with Crippen molar-refractivity contribution in [2.75, 3.05) is 10.6 Å². The Morgan fingerprint density at radius 3 is 2.41 bits per heavy atom. The summed E-state index contributed by atoms with van der Waals surface area (Å²) in [7, 11) is 0. The van der Waals surface area contributed by atoms with Gasteiger partial charge in [0.1, 0.15) is 18.0 Å². The second kappa shape index (κ2) is 6.58. The molecule has 2 aromatic carbocycles. The number of aromatic nitrogens is 2. The van der Waals surface area contributed by atoms with Crippen LogP contribution in [0.15, 0.2) is 65.4 Å². The fourth-order valence-corrected chi connectivity index (χ4v) is 2.45. The molecule has 0 saturated carbocycles. The number of hydrogen-bond donors (Lipinski definition) is 2. The summed E-state index contributed by atoms with van der Waals surface area (Å²) in [5, 5.41) is 6.55. The summed E-state index contributed by atoms with van der Waals surface area (Å²) < 4.78 is 0.988. The van der Waals surface area contributed by atoms with Crippen LogP contribution < -0.4 is 10.6 Å². The molecule has 0 saturated heterocycles. The van der Waals surface area contributed by atoms with Gasteiger partial charge in [0.25, 0.3) is 0 Å². The normalized spacial score (nSPS) is 10.3. The van der Waals surface area contributed by atoms with Gasteiger partial charge in [-0.25, -0.2) is 9.97 Å². The number of hydrogen-bond acceptors (Lipinski definition) is 4. The van der Waals surface area contributed by atoms with E-state index in [1.54, 1.807) is 0 Å². The molecule has 1 heterocycles. The molecule has 0 spiro atoms. The van der Waals surface area contributed by atoms with Crippen LogP contribution in [0.1, 0.15) is 5.56 Å². The van der Waals surface area contributed by atoms with Crippen molar-refractivity contribution in [1.29, 1.82) is 0 Å². The fraction of sp³-hybridized carbons (Fsp3) is 0.0588. The predicted molar refractivity (Wildman–Crippen MR) is 93.9 cm³/mol. The predicted octanol–water partition coefficient (Wildman–Crippen LogP) is 5.03. The van der Waals surface area contributed by atoms with E-state index in [0.717, 1.165) is 27.5 Å². The Hall–Kier alpha value is -2.40. The molecule has 4 nitrogen and oxygen atoms in total. The van der Waals surface area contributed by atoms with Gasteiger partial charge in [-0.2, -0.15) is 0 Å². The van der Waals surface area contributed by atoms with Crippen LogP contribution in [0.25, 0.3) is 0 Å². The summed E-state index contributed by atoms with van der Waals surface area (Å²) in [5.41, 5.74) is 3.17. The molecule has 0 bridgehead atoms. The van der Waals surface area contributed by atoms with E-state index in [2.05, 4.69) is 55.6 Å². The van der Waals surface area contributed by atoms with Crippen LogP contribution in [0, 0.1) is 6.92 Å². The minimum Gasteiger partial charge on any atom is -0.340 e. The van der Waals surface area contributed by atoms with Crippen LogP contribution in [-0.2, 0) is 0 Å². The molecule has 0 fully saturated rings. The molecular weight excluding hydrogens is 340 g/mol. The maximum atomic E-state index is 4.25. The highest BCUT2D eigenvalue weighted by molar-refractivity contribution is 9.10. The number of anilines is 4. The summed E-state index contributed by atoms with van der Waals surface area (Å²) in [6.07, 6.45) is 1.54. The summed E-state index contributed by atoms with van der Waals surface area (Å²) >= 11 is 3.51. The molecule has 1 aromatic heterocycles. The maximum Gasteiger partial charge on any atom is 0.135 e. The first-order valence-corrected chi connectivity index (χ1v) is 7.67. The van der Waals surface area contributed by atoms with Gasteiger partial charge >= 0.3 is 0 Å². The first-order chi connectivity index (χ1) is 10.7. The Morgan fingerprint density at radius 2 is 1.64 bits per heavy atom. The minimum absolute atomic E-state index is 0.733. The topological polar surface area (TPSA) is 49.8 Å². The Morgan fingerprint density at radius 1 is 0.864 bits per heavy atom. The molecule has 0 aliphatic rings. The number of para-hydroxylation sites is 1. The van der Waals surface area contributed by atoms with E-state index in [4.69, 9.17) is 0 Å². The molecule has 3 aromatic rings. The van der Waals surface area contributed by atoms with E-state index < -0.39 is 0 Å². The largest absolute Gasteiger partial charge is 0.340 e. The van der Waals surface area contributed by atoms with Crippen LogP contribution in [0.5, 0.6) is 0 Å². The first kappa shape index (κ1) is 14.5. The lowest BCUT2D eigenvalue weighted by Crippen LogP contribution is -1.99. The molecule has 22 heavy (non-hydrogen) atoms. The standard InChI is InChI=1S/C17H15BrN4/c1-12-5-4-6-13(9-12)21-16-10-17(20-11-19-16)22-15-8-3-2-7-14(15)18/h2-11H,1H3,(H2,19,20,21,22). The number of nitrogens with zero attached hydrogens (tertiary/aromatic N) is 2. The molecule has 0 atom stereocenters. The van der Waals surface area contributed by atoms with Crippen molar-refractivity contribution in [3.05, 3.63) is 71.0 Å². The molecule has 0 radical (unpaired) electrons. The smallest absolute Gasteiger partial charge is 0.135 e. The van der Waals surface area contributed by atoms with Gasteiger partial charge < -0.3 is 10.6 Å². The van der Waals surface area contributed by atoms with Crippen LogP contribution in [0.4, 0.5) is 23.0 Å². The number of aryl methyl sites for hydroxylation is 1. The van der Waals surface area contributed by atoms with E-state index in [9.17, 15) is 0 Å². The van der Waals surface area contributed by atoms with Gasteiger partial charge in [0.05, 0.1) is 5.69 Å². The van der Waals surface area contributed by atoms with Gasteiger partial charge in [0.15, 0.2) is 0 Å². The highest BCUT2D eigenvalue weighted by atomic mass is 79.9. The molecule has 2 N–H and O–H groups in total. The number of nitrogens with one attached hydrogen (secondary N) is 2. The van der Waals surface area contributed by atoms with Gasteiger partial charge in [-0.15, -0.1) is 0 Å². The van der Waals surface area contributed by atoms with Crippen molar-refractivity contribution < 1.29 is 0 Å². The number of halogens is 1. The van der Waals surface area contributed by atoms with Gasteiger partial charge in [-0.3, -0.25) is 0 Å².